The predicted molar refractivity (Wildman–Crippen MR) is 176 cm³/mol. The Bertz CT molecular complexity index is 1990. The van der Waals surface area contributed by atoms with Crippen LogP contribution in [0, 0.1) is 0 Å². The number of hydrogen-bond donors (Lipinski definition) is 6. The summed E-state index contributed by atoms with van der Waals surface area (Å²) in [5.41, 5.74) is 5.83. The third kappa shape index (κ3) is 7.13. The van der Waals surface area contributed by atoms with Gasteiger partial charge in [0.2, 0.25) is 0 Å². The van der Waals surface area contributed by atoms with Crippen molar-refractivity contribution in [3.63, 3.8) is 0 Å². The van der Waals surface area contributed by atoms with E-state index in [0.29, 0.717) is 48.3 Å². The van der Waals surface area contributed by atoms with Crippen molar-refractivity contribution in [3.05, 3.63) is 106 Å². The fourth-order valence-electron chi connectivity index (χ4n) is 5.77. The predicted octanol–water partition coefficient (Wildman–Crippen LogP) is 5.23. The van der Waals surface area contributed by atoms with Gasteiger partial charge in [0, 0.05) is 30.8 Å². The summed E-state index contributed by atoms with van der Waals surface area (Å²) in [5, 5.41) is 38.4. The number of carbonyl (C=O) groups is 2. The number of carbonyl (C=O) groups excluding carboxylic acids is 1. The van der Waals surface area contributed by atoms with E-state index >= 15 is 0 Å². The van der Waals surface area contributed by atoms with Gasteiger partial charge in [0.05, 0.1) is 17.3 Å². The summed E-state index contributed by atoms with van der Waals surface area (Å²) in [6.07, 6.45) is 0.114. The molecule has 4 aromatic carbocycles. The number of aliphatic hydroxyl groups is 1. The zero-order valence-electron chi connectivity index (χ0n) is 25.4. The van der Waals surface area contributed by atoms with Gasteiger partial charge in [-0.3, -0.25) is 14.7 Å². The number of aromatic hydroxyl groups is 1. The topological polar surface area (TPSA) is 175 Å². The Morgan fingerprint density at radius 3 is 2.60 bits per heavy atom. The summed E-state index contributed by atoms with van der Waals surface area (Å²) in [6.45, 7) is 0.823. The molecule has 1 aliphatic heterocycles. The first-order valence-corrected chi connectivity index (χ1v) is 15.2. The van der Waals surface area contributed by atoms with Crippen LogP contribution in [0.5, 0.6) is 11.5 Å². The van der Waals surface area contributed by atoms with Crippen LogP contribution in [0.1, 0.15) is 35.6 Å². The van der Waals surface area contributed by atoms with Crippen molar-refractivity contribution in [1.82, 2.24) is 9.88 Å². The van der Waals surface area contributed by atoms with Crippen molar-refractivity contribution >= 4 is 34.5 Å². The Morgan fingerprint density at radius 1 is 0.979 bits per heavy atom. The van der Waals surface area contributed by atoms with Crippen LogP contribution in [0.3, 0.4) is 0 Å². The van der Waals surface area contributed by atoms with Crippen molar-refractivity contribution < 1.29 is 34.1 Å². The molecule has 12 heteroatoms. The number of aryl methyl sites for hydroxylation is 2. The summed E-state index contributed by atoms with van der Waals surface area (Å²) in [6, 6.07) is 23.8. The monoisotopic (exact) mass is 638 g/mol. The molecule has 12 nitrogen and oxygen atoms in total. The van der Waals surface area contributed by atoms with Crippen LogP contribution in [-0.4, -0.2) is 45.0 Å². The number of nitrogens with zero attached hydrogens (tertiary/aromatic N) is 1. The third-order valence-electron chi connectivity index (χ3n) is 8.04. The number of ether oxygens (including phenoxy) is 1. The lowest BCUT2D eigenvalue weighted by atomic mass is 9.99. The van der Waals surface area contributed by atoms with E-state index in [0.717, 1.165) is 28.7 Å². The van der Waals surface area contributed by atoms with Gasteiger partial charge in [-0.25, -0.2) is 9.59 Å². The molecule has 1 atom stereocenters. The number of phenolic OH excluding ortho intramolecular Hbond substituents is 1. The summed E-state index contributed by atoms with van der Waals surface area (Å²) in [7, 11) is 0. The summed E-state index contributed by atoms with van der Waals surface area (Å²) >= 11 is 0. The van der Waals surface area contributed by atoms with Crippen molar-refractivity contribution in [2.45, 2.75) is 38.5 Å². The molecular weight excluding hydrogens is 604 g/mol. The first kappa shape index (κ1) is 31.4. The number of phenols is 1. The smallest absolute Gasteiger partial charge is 0.419 e. The second-order valence-electron chi connectivity index (χ2n) is 11.3. The van der Waals surface area contributed by atoms with Gasteiger partial charge >= 0.3 is 11.8 Å². The number of anilines is 2. The van der Waals surface area contributed by atoms with E-state index in [9.17, 15) is 29.7 Å². The van der Waals surface area contributed by atoms with E-state index in [-0.39, 0.29) is 36.2 Å². The lowest BCUT2D eigenvalue weighted by Gasteiger charge is -2.23. The Labute approximate surface area is 269 Å². The molecule has 0 unspecified atom stereocenters. The molecule has 1 aromatic heterocycles. The fourth-order valence-corrected chi connectivity index (χ4v) is 5.77. The van der Waals surface area contributed by atoms with Crippen molar-refractivity contribution in [3.8, 4) is 22.6 Å². The minimum Gasteiger partial charge on any atom is -0.506 e. The first-order valence-electron chi connectivity index (χ1n) is 15.2. The SMILES string of the molecule is O=C(O)Nc1cc(CCCCn2c(=O)oc3cc(CNC[C@@H](O)c4ccc(O)c5c4OCC(=O)N5)ccc32)ccc1-c1ccccc1. The van der Waals surface area contributed by atoms with Crippen molar-refractivity contribution in [2.75, 3.05) is 23.8 Å². The maximum atomic E-state index is 12.7. The molecule has 47 heavy (non-hydrogen) atoms. The molecular formula is C35H34N4O8. The molecule has 242 valence electrons. The van der Waals surface area contributed by atoms with E-state index in [1.165, 1.54) is 6.07 Å². The lowest BCUT2D eigenvalue weighted by Crippen LogP contribution is -2.27. The molecule has 5 aromatic rings. The molecule has 2 amide bonds. The number of oxazole rings is 1. The number of aliphatic hydroxyl groups excluding tert-OH is 1. The zero-order valence-corrected chi connectivity index (χ0v) is 25.4. The van der Waals surface area contributed by atoms with Gasteiger partial charge < -0.3 is 35.1 Å². The molecule has 0 fully saturated rings. The Hall–Kier alpha value is -5.59. The van der Waals surface area contributed by atoms with Gasteiger partial charge in [0.25, 0.3) is 5.91 Å². The van der Waals surface area contributed by atoms with Gasteiger partial charge in [-0.2, -0.15) is 0 Å². The molecule has 6 N–H and O–H groups in total. The number of fused-ring (bicyclic) bond motifs is 2. The molecule has 6 rings (SSSR count). The number of rotatable bonds is 12. The highest BCUT2D eigenvalue weighted by Gasteiger charge is 2.25. The molecule has 0 saturated carbocycles. The largest absolute Gasteiger partial charge is 0.506 e. The molecule has 0 aliphatic carbocycles. The van der Waals surface area contributed by atoms with E-state index in [4.69, 9.17) is 9.15 Å². The Balaban J connectivity index is 1.04. The molecule has 0 radical (unpaired) electrons. The van der Waals surface area contributed by atoms with Crippen molar-refractivity contribution in [1.29, 1.82) is 0 Å². The van der Waals surface area contributed by atoms with E-state index < -0.39 is 18.0 Å². The molecule has 0 saturated heterocycles. The Morgan fingerprint density at radius 2 is 1.79 bits per heavy atom. The van der Waals surface area contributed by atoms with Gasteiger partial charge in [0.15, 0.2) is 17.9 Å². The molecule has 1 aliphatic rings. The maximum absolute atomic E-state index is 12.7. The number of amides is 2. The van der Waals surface area contributed by atoms with Crippen LogP contribution in [0.4, 0.5) is 16.2 Å². The maximum Gasteiger partial charge on any atom is 0.419 e. The average molecular weight is 639 g/mol. The second-order valence-corrected chi connectivity index (χ2v) is 11.3. The highest BCUT2D eigenvalue weighted by Crippen LogP contribution is 2.41. The number of unbranched alkanes of at least 4 members (excludes halogenated alkanes) is 1. The van der Waals surface area contributed by atoms with Crippen LogP contribution >= 0.6 is 0 Å². The van der Waals surface area contributed by atoms with E-state index in [2.05, 4.69) is 16.0 Å². The van der Waals surface area contributed by atoms with Crippen LogP contribution in [0.25, 0.3) is 22.2 Å². The zero-order chi connectivity index (χ0) is 32.9. The molecule has 2 heterocycles. The summed E-state index contributed by atoms with van der Waals surface area (Å²) < 4.78 is 12.6. The van der Waals surface area contributed by atoms with Gasteiger partial charge in [-0.1, -0.05) is 48.5 Å². The number of nitrogens with one attached hydrogen (secondary N) is 3. The number of hydrogen-bond acceptors (Lipinski definition) is 8. The number of benzene rings is 4. The van der Waals surface area contributed by atoms with Gasteiger partial charge in [-0.15, -0.1) is 0 Å². The van der Waals surface area contributed by atoms with E-state index in [1.807, 2.05) is 60.7 Å². The van der Waals surface area contributed by atoms with Crippen LogP contribution in [-0.2, 0) is 24.3 Å². The highest BCUT2D eigenvalue weighted by atomic mass is 16.5. The number of aromatic nitrogens is 1. The quantitative estimate of drug-likeness (QED) is 0.0789. The lowest BCUT2D eigenvalue weighted by molar-refractivity contribution is -0.118. The molecule has 0 spiro atoms. The fraction of sp³-hybridized carbons (Fsp3) is 0.229. The van der Waals surface area contributed by atoms with Crippen LogP contribution in [0.15, 0.2) is 88.1 Å². The highest BCUT2D eigenvalue weighted by molar-refractivity contribution is 5.97. The summed E-state index contributed by atoms with van der Waals surface area (Å²) in [5.74, 6) is -0.727. The average Bonchev–Trinajstić information content (AvgIpc) is 3.37. The van der Waals surface area contributed by atoms with Gasteiger partial charge in [-0.05, 0) is 66.3 Å². The Kier molecular flexibility index (Phi) is 9.23. The third-order valence-corrected chi connectivity index (χ3v) is 8.04. The second kappa shape index (κ2) is 13.8. The standard InChI is InChI=1S/C35H34N4O8/c40-28-14-12-25(33-32(28)38-31(42)20-46-33)29(41)19-36-18-22-10-13-27-30(17-22)47-35(45)39(27)15-5-4-6-21-9-11-24(23-7-2-1-3-8-23)26(16-21)37-34(43)44/h1-3,7-14,16-17,29,36-37,40-41H,4-6,15,18-20H2,(H,38,42)(H,43,44)/t29-/m1/s1. The minimum atomic E-state index is -1.12. The first-order chi connectivity index (χ1) is 22.8. The molecule has 0 bridgehead atoms. The number of carboxylic acid groups (broad SMARTS) is 1. The van der Waals surface area contributed by atoms with Crippen LogP contribution in [0.2, 0.25) is 0 Å². The van der Waals surface area contributed by atoms with Crippen molar-refractivity contribution in [2.24, 2.45) is 0 Å². The van der Waals surface area contributed by atoms with Gasteiger partial charge in [0.1, 0.15) is 11.4 Å². The summed E-state index contributed by atoms with van der Waals surface area (Å²) in [4.78, 5) is 35.7. The van der Waals surface area contributed by atoms with E-state index in [1.54, 1.807) is 16.7 Å². The van der Waals surface area contributed by atoms with Crippen LogP contribution < -0.4 is 26.4 Å². The minimum absolute atomic E-state index is 0.141. The normalized spacial score (nSPS) is 13.1.